The molecule has 0 N–H and O–H groups in total. The van der Waals surface area contributed by atoms with E-state index in [0.29, 0.717) is 12.2 Å². The molecule has 1 saturated carbocycles. The van der Waals surface area contributed by atoms with E-state index in [1.54, 1.807) is 0 Å². The molecular weight excluding hydrogens is 172 g/mol. The second-order valence-corrected chi connectivity index (χ2v) is 5.39. The summed E-state index contributed by atoms with van der Waals surface area (Å²) in [5.41, 5.74) is 0. The first-order chi connectivity index (χ1) is 6.59. The van der Waals surface area contributed by atoms with Crippen LogP contribution in [-0.2, 0) is 4.74 Å². The highest BCUT2D eigenvalue weighted by Gasteiger charge is 2.31. The fourth-order valence-corrected chi connectivity index (χ4v) is 1.96. The van der Waals surface area contributed by atoms with Crippen LogP contribution < -0.4 is 0 Å². The van der Waals surface area contributed by atoms with E-state index in [-0.39, 0.29) is 0 Å². The van der Waals surface area contributed by atoms with Crippen molar-refractivity contribution in [2.24, 2.45) is 11.8 Å². The SMILES string of the molecule is CC(C)CCCC(OC(C)C)C1CC1. The largest absolute Gasteiger partial charge is 0.375 e. The van der Waals surface area contributed by atoms with Gasteiger partial charge in [-0.05, 0) is 44.9 Å². The van der Waals surface area contributed by atoms with Crippen molar-refractivity contribution in [3.63, 3.8) is 0 Å². The van der Waals surface area contributed by atoms with Gasteiger partial charge in [0.25, 0.3) is 0 Å². The number of ether oxygens (including phenoxy) is 1. The van der Waals surface area contributed by atoms with Crippen molar-refractivity contribution in [3.8, 4) is 0 Å². The lowest BCUT2D eigenvalue weighted by Gasteiger charge is -2.20. The Kier molecular flexibility index (Phi) is 4.94. The van der Waals surface area contributed by atoms with Crippen LogP contribution in [-0.4, -0.2) is 12.2 Å². The molecule has 14 heavy (non-hydrogen) atoms. The maximum atomic E-state index is 5.96. The van der Waals surface area contributed by atoms with Crippen molar-refractivity contribution in [2.45, 2.75) is 72.0 Å². The van der Waals surface area contributed by atoms with E-state index < -0.39 is 0 Å². The van der Waals surface area contributed by atoms with E-state index in [1.807, 2.05) is 0 Å². The van der Waals surface area contributed by atoms with Gasteiger partial charge in [-0.1, -0.05) is 26.7 Å². The Balaban J connectivity index is 2.15. The Labute approximate surface area is 89.2 Å². The molecule has 84 valence electrons. The van der Waals surface area contributed by atoms with Crippen LogP contribution in [0.4, 0.5) is 0 Å². The zero-order valence-corrected chi connectivity index (χ0v) is 10.3. The standard InChI is InChI=1S/C13H26O/c1-10(2)6-5-7-13(12-8-9-12)14-11(3)4/h10-13H,5-9H2,1-4H3. The molecule has 0 bridgehead atoms. The summed E-state index contributed by atoms with van der Waals surface area (Å²) in [7, 11) is 0. The first-order valence-electron chi connectivity index (χ1n) is 6.25. The second-order valence-electron chi connectivity index (χ2n) is 5.39. The molecule has 1 heteroatoms. The maximum Gasteiger partial charge on any atom is 0.0606 e. The van der Waals surface area contributed by atoms with Gasteiger partial charge in [-0.2, -0.15) is 0 Å². The molecule has 1 nitrogen and oxygen atoms in total. The second kappa shape index (κ2) is 5.75. The summed E-state index contributed by atoms with van der Waals surface area (Å²) in [4.78, 5) is 0. The summed E-state index contributed by atoms with van der Waals surface area (Å²) in [5.74, 6) is 1.73. The first-order valence-corrected chi connectivity index (χ1v) is 6.25. The van der Waals surface area contributed by atoms with Crippen LogP contribution >= 0.6 is 0 Å². The van der Waals surface area contributed by atoms with Crippen molar-refractivity contribution < 1.29 is 4.74 Å². The number of hydrogen-bond acceptors (Lipinski definition) is 1. The van der Waals surface area contributed by atoms with Gasteiger partial charge in [0, 0.05) is 0 Å². The topological polar surface area (TPSA) is 9.23 Å². The van der Waals surface area contributed by atoms with Crippen molar-refractivity contribution >= 4 is 0 Å². The van der Waals surface area contributed by atoms with Gasteiger partial charge in [0.05, 0.1) is 12.2 Å². The minimum atomic E-state index is 0.402. The van der Waals surface area contributed by atoms with Crippen molar-refractivity contribution in [2.75, 3.05) is 0 Å². The zero-order valence-electron chi connectivity index (χ0n) is 10.3. The van der Waals surface area contributed by atoms with E-state index in [1.165, 1.54) is 32.1 Å². The van der Waals surface area contributed by atoms with Crippen LogP contribution in [0.15, 0.2) is 0 Å². The van der Waals surface area contributed by atoms with Gasteiger partial charge in [-0.15, -0.1) is 0 Å². The molecule has 0 saturated heterocycles. The Bertz CT molecular complexity index is 147. The summed E-state index contributed by atoms with van der Waals surface area (Å²) in [6, 6.07) is 0. The number of rotatable bonds is 7. The molecule has 1 fully saturated rings. The molecule has 1 rings (SSSR count). The highest BCUT2D eigenvalue weighted by Crippen LogP contribution is 2.37. The summed E-state index contributed by atoms with van der Waals surface area (Å²) in [5, 5.41) is 0. The average Bonchev–Trinajstić information content (AvgIpc) is 2.83. The predicted octanol–water partition coefficient (Wildman–Crippen LogP) is 4.02. The zero-order chi connectivity index (χ0) is 10.6. The summed E-state index contributed by atoms with van der Waals surface area (Å²) in [6.45, 7) is 8.90. The molecular formula is C13H26O. The maximum absolute atomic E-state index is 5.96. The molecule has 0 aromatic heterocycles. The van der Waals surface area contributed by atoms with Gasteiger partial charge in [-0.3, -0.25) is 0 Å². The molecule has 0 aromatic carbocycles. The third-order valence-electron chi connectivity index (χ3n) is 2.86. The van der Waals surface area contributed by atoms with Crippen LogP contribution in [0.2, 0.25) is 0 Å². The Morgan fingerprint density at radius 2 is 1.71 bits per heavy atom. The summed E-state index contributed by atoms with van der Waals surface area (Å²) in [6.07, 6.45) is 7.74. The third-order valence-corrected chi connectivity index (χ3v) is 2.86. The molecule has 0 heterocycles. The van der Waals surface area contributed by atoms with Crippen LogP contribution in [0.1, 0.15) is 59.8 Å². The normalized spacial score (nSPS) is 19.3. The first kappa shape index (κ1) is 12.0. The Morgan fingerprint density at radius 3 is 2.14 bits per heavy atom. The monoisotopic (exact) mass is 198 g/mol. The van der Waals surface area contributed by atoms with Crippen LogP contribution in [0, 0.1) is 11.8 Å². The van der Waals surface area contributed by atoms with E-state index >= 15 is 0 Å². The van der Waals surface area contributed by atoms with E-state index in [2.05, 4.69) is 27.7 Å². The third kappa shape index (κ3) is 4.99. The molecule has 1 unspecified atom stereocenters. The predicted molar refractivity (Wildman–Crippen MR) is 61.4 cm³/mol. The van der Waals surface area contributed by atoms with Gasteiger partial charge < -0.3 is 4.74 Å². The van der Waals surface area contributed by atoms with Gasteiger partial charge in [-0.25, -0.2) is 0 Å². The Morgan fingerprint density at radius 1 is 1.07 bits per heavy atom. The van der Waals surface area contributed by atoms with Crippen LogP contribution in [0.25, 0.3) is 0 Å². The van der Waals surface area contributed by atoms with Crippen molar-refractivity contribution in [3.05, 3.63) is 0 Å². The highest BCUT2D eigenvalue weighted by molar-refractivity contribution is 4.82. The summed E-state index contributed by atoms with van der Waals surface area (Å²) >= 11 is 0. The van der Waals surface area contributed by atoms with Crippen LogP contribution in [0.5, 0.6) is 0 Å². The molecule has 0 radical (unpaired) electrons. The summed E-state index contributed by atoms with van der Waals surface area (Å²) < 4.78 is 5.96. The number of hydrogen-bond donors (Lipinski definition) is 0. The lowest BCUT2D eigenvalue weighted by atomic mass is 10.0. The highest BCUT2D eigenvalue weighted by atomic mass is 16.5. The quantitative estimate of drug-likeness (QED) is 0.600. The van der Waals surface area contributed by atoms with Crippen molar-refractivity contribution in [1.82, 2.24) is 0 Å². The molecule has 1 aliphatic rings. The molecule has 0 aromatic rings. The molecule has 1 aliphatic carbocycles. The average molecular weight is 198 g/mol. The molecule has 1 atom stereocenters. The molecule has 0 spiro atoms. The Hall–Kier alpha value is -0.0400. The van der Waals surface area contributed by atoms with Crippen molar-refractivity contribution in [1.29, 1.82) is 0 Å². The fourth-order valence-electron chi connectivity index (χ4n) is 1.96. The molecule has 0 aliphatic heterocycles. The van der Waals surface area contributed by atoms with E-state index in [0.717, 1.165) is 11.8 Å². The minimum absolute atomic E-state index is 0.402. The van der Waals surface area contributed by atoms with E-state index in [9.17, 15) is 0 Å². The fraction of sp³-hybridized carbons (Fsp3) is 1.00. The lowest BCUT2D eigenvalue weighted by molar-refractivity contribution is -0.0110. The van der Waals surface area contributed by atoms with Gasteiger partial charge >= 0.3 is 0 Å². The van der Waals surface area contributed by atoms with Gasteiger partial charge in [0.1, 0.15) is 0 Å². The smallest absolute Gasteiger partial charge is 0.0606 e. The van der Waals surface area contributed by atoms with E-state index in [4.69, 9.17) is 4.74 Å². The van der Waals surface area contributed by atoms with Crippen LogP contribution in [0.3, 0.4) is 0 Å². The van der Waals surface area contributed by atoms with Gasteiger partial charge in [0.15, 0.2) is 0 Å². The molecule has 0 amide bonds. The van der Waals surface area contributed by atoms with Gasteiger partial charge in [0.2, 0.25) is 0 Å². The minimum Gasteiger partial charge on any atom is -0.375 e. The lowest BCUT2D eigenvalue weighted by Crippen LogP contribution is -2.20.